The number of hydrogen-bond donors (Lipinski definition) is 1. The Morgan fingerprint density at radius 1 is 0.828 bits per heavy atom. The van der Waals surface area contributed by atoms with Crippen LogP contribution in [0.5, 0.6) is 0 Å². The van der Waals surface area contributed by atoms with Crippen LogP contribution in [0.4, 0.5) is 0 Å². The van der Waals surface area contributed by atoms with Gasteiger partial charge < -0.3 is 5.32 Å². The zero-order valence-corrected chi connectivity index (χ0v) is 16.4. The molecule has 2 aliphatic heterocycles. The first-order valence-electron chi connectivity index (χ1n) is 10.1. The molecule has 6 nitrogen and oxygen atoms in total. The number of nitrogens with one attached hydrogen (secondary N) is 1. The normalized spacial score (nSPS) is 16.8. The van der Waals surface area contributed by atoms with Crippen molar-refractivity contribution in [1.82, 2.24) is 15.1 Å². The number of hydrogen-bond acceptors (Lipinski definition) is 4. The molecule has 0 unspecified atom stereocenters. The highest BCUT2D eigenvalue weighted by Gasteiger charge is 2.36. The Bertz CT molecular complexity index is 899. The lowest BCUT2D eigenvalue weighted by Crippen LogP contribution is -2.40. The van der Waals surface area contributed by atoms with Gasteiger partial charge in [-0.15, -0.1) is 0 Å². The molecule has 2 aliphatic rings. The van der Waals surface area contributed by atoms with Crippen LogP contribution in [0.15, 0.2) is 48.5 Å². The molecular weight excluding hydrogens is 366 g/mol. The van der Waals surface area contributed by atoms with Gasteiger partial charge in [-0.05, 0) is 49.2 Å². The van der Waals surface area contributed by atoms with Crippen molar-refractivity contribution in [2.24, 2.45) is 0 Å². The summed E-state index contributed by atoms with van der Waals surface area (Å²) in [7, 11) is 0. The maximum Gasteiger partial charge on any atom is 0.262 e. The molecular formula is C23H25N3O3. The van der Waals surface area contributed by atoms with Gasteiger partial charge in [-0.3, -0.25) is 24.2 Å². The SMILES string of the molecule is O=C(CN1C(=O)c2ccccc2C1=O)NCc1ccccc1CN1CCCCC1. The number of amides is 3. The second-order valence-corrected chi connectivity index (χ2v) is 7.62. The number of rotatable bonds is 6. The third kappa shape index (κ3) is 4.22. The number of benzene rings is 2. The van der Waals surface area contributed by atoms with Crippen molar-refractivity contribution in [2.45, 2.75) is 32.4 Å². The van der Waals surface area contributed by atoms with Gasteiger partial charge in [0.1, 0.15) is 6.54 Å². The van der Waals surface area contributed by atoms with E-state index in [0.29, 0.717) is 17.7 Å². The Hall–Kier alpha value is -2.99. The van der Waals surface area contributed by atoms with Crippen molar-refractivity contribution in [3.63, 3.8) is 0 Å². The Kier molecular flexibility index (Phi) is 5.71. The molecule has 0 spiro atoms. The highest BCUT2D eigenvalue weighted by molar-refractivity contribution is 6.22. The summed E-state index contributed by atoms with van der Waals surface area (Å²) in [5.41, 5.74) is 2.98. The van der Waals surface area contributed by atoms with E-state index in [-0.39, 0.29) is 12.5 Å². The smallest absolute Gasteiger partial charge is 0.262 e. The van der Waals surface area contributed by atoms with E-state index < -0.39 is 11.8 Å². The van der Waals surface area contributed by atoms with Gasteiger partial charge in [-0.1, -0.05) is 42.8 Å². The van der Waals surface area contributed by atoms with Crippen LogP contribution in [0, 0.1) is 0 Å². The molecule has 0 aliphatic carbocycles. The third-order valence-electron chi connectivity index (χ3n) is 5.62. The molecule has 150 valence electrons. The molecule has 1 saturated heterocycles. The van der Waals surface area contributed by atoms with Crippen LogP contribution in [-0.4, -0.2) is 47.2 Å². The molecule has 1 fully saturated rings. The average Bonchev–Trinajstić information content (AvgIpc) is 2.99. The predicted octanol–water partition coefficient (Wildman–Crippen LogP) is 2.58. The average molecular weight is 391 g/mol. The van der Waals surface area contributed by atoms with Crippen molar-refractivity contribution in [2.75, 3.05) is 19.6 Å². The van der Waals surface area contributed by atoms with E-state index in [2.05, 4.69) is 16.3 Å². The van der Waals surface area contributed by atoms with E-state index in [0.717, 1.165) is 30.1 Å². The lowest BCUT2D eigenvalue weighted by molar-refractivity contribution is -0.121. The lowest BCUT2D eigenvalue weighted by Gasteiger charge is -2.27. The van der Waals surface area contributed by atoms with E-state index in [1.807, 2.05) is 18.2 Å². The molecule has 1 N–H and O–H groups in total. The molecule has 29 heavy (non-hydrogen) atoms. The van der Waals surface area contributed by atoms with E-state index in [1.165, 1.54) is 24.8 Å². The van der Waals surface area contributed by atoms with Crippen molar-refractivity contribution in [1.29, 1.82) is 0 Å². The number of carbonyl (C=O) groups is 3. The third-order valence-corrected chi connectivity index (χ3v) is 5.62. The Balaban J connectivity index is 1.36. The van der Waals surface area contributed by atoms with Crippen LogP contribution in [0.1, 0.15) is 51.1 Å². The van der Waals surface area contributed by atoms with Gasteiger partial charge in [0.05, 0.1) is 11.1 Å². The fourth-order valence-corrected chi connectivity index (χ4v) is 4.02. The van der Waals surface area contributed by atoms with Crippen molar-refractivity contribution < 1.29 is 14.4 Å². The molecule has 2 aromatic rings. The number of likely N-dealkylation sites (tertiary alicyclic amines) is 1. The fraction of sp³-hybridized carbons (Fsp3) is 0.348. The van der Waals surface area contributed by atoms with E-state index in [1.54, 1.807) is 24.3 Å². The van der Waals surface area contributed by atoms with Crippen LogP contribution < -0.4 is 5.32 Å². The van der Waals surface area contributed by atoms with Crippen LogP contribution in [0.2, 0.25) is 0 Å². The number of carbonyl (C=O) groups excluding carboxylic acids is 3. The molecule has 0 saturated carbocycles. The first kappa shape index (κ1) is 19.3. The number of imide groups is 1. The number of fused-ring (bicyclic) bond motifs is 1. The van der Waals surface area contributed by atoms with Crippen LogP contribution in [0.3, 0.4) is 0 Å². The van der Waals surface area contributed by atoms with Crippen molar-refractivity contribution >= 4 is 17.7 Å². The van der Waals surface area contributed by atoms with Crippen LogP contribution in [-0.2, 0) is 17.9 Å². The van der Waals surface area contributed by atoms with E-state index in [9.17, 15) is 14.4 Å². The summed E-state index contributed by atoms with van der Waals surface area (Å²) in [5.74, 6) is -1.16. The maximum absolute atomic E-state index is 12.4. The van der Waals surface area contributed by atoms with Gasteiger partial charge >= 0.3 is 0 Å². The lowest BCUT2D eigenvalue weighted by atomic mass is 10.0. The van der Waals surface area contributed by atoms with Crippen LogP contribution >= 0.6 is 0 Å². The zero-order valence-electron chi connectivity index (χ0n) is 16.4. The second kappa shape index (κ2) is 8.57. The predicted molar refractivity (Wildman–Crippen MR) is 109 cm³/mol. The fourth-order valence-electron chi connectivity index (χ4n) is 4.02. The monoisotopic (exact) mass is 391 g/mol. The minimum absolute atomic E-state index is 0.263. The maximum atomic E-state index is 12.4. The minimum atomic E-state index is -0.411. The topological polar surface area (TPSA) is 69.7 Å². The molecule has 0 atom stereocenters. The van der Waals surface area contributed by atoms with E-state index >= 15 is 0 Å². The first-order chi connectivity index (χ1) is 14.1. The number of piperidine rings is 1. The summed E-state index contributed by atoms with van der Waals surface area (Å²) < 4.78 is 0. The second-order valence-electron chi connectivity index (χ2n) is 7.62. The first-order valence-corrected chi connectivity index (χ1v) is 10.1. The molecule has 0 radical (unpaired) electrons. The zero-order chi connectivity index (χ0) is 20.2. The largest absolute Gasteiger partial charge is 0.350 e. The van der Waals surface area contributed by atoms with E-state index in [4.69, 9.17) is 0 Å². The van der Waals surface area contributed by atoms with Crippen LogP contribution in [0.25, 0.3) is 0 Å². The molecule has 2 heterocycles. The summed E-state index contributed by atoms with van der Waals surface area (Å²) in [6, 6.07) is 14.8. The summed E-state index contributed by atoms with van der Waals surface area (Å²) in [6.07, 6.45) is 3.77. The van der Waals surface area contributed by atoms with Crippen molar-refractivity contribution in [3.05, 3.63) is 70.8 Å². The molecule has 2 aromatic carbocycles. The van der Waals surface area contributed by atoms with Gasteiger partial charge in [0.15, 0.2) is 0 Å². The minimum Gasteiger partial charge on any atom is -0.350 e. The summed E-state index contributed by atoms with van der Waals surface area (Å²) in [6.45, 7) is 3.22. The molecule has 0 bridgehead atoms. The Morgan fingerprint density at radius 3 is 2.07 bits per heavy atom. The number of nitrogens with zero attached hydrogens (tertiary/aromatic N) is 2. The highest BCUT2D eigenvalue weighted by atomic mass is 16.2. The van der Waals surface area contributed by atoms with Crippen molar-refractivity contribution in [3.8, 4) is 0 Å². The van der Waals surface area contributed by atoms with Gasteiger partial charge in [0.2, 0.25) is 5.91 Å². The Morgan fingerprint density at radius 2 is 1.41 bits per heavy atom. The highest BCUT2D eigenvalue weighted by Crippen LogP contribution is 2.22. The standard InChI is InChI=1S/C23H25N3O3/c27-21(16-26-22(28)19-10-4-5-11-20(19)23(26)29)24-14-17-8-2-3-9-18(17)15-25-12-6-1-7-13-25/h2-5,8-11H,1,6-7,12-16H2,(H,24,27). The van der Waals surface area contributed by atoms with Gasteiger partial charge in [0.25, 0.3) is 11.8 Å². The summed E-state index contributed by atoms with van der Waals surface area (Å²) in [4.78, 5) is 40.7. The molecule has 3 amide bonds. The van der Waals surface area contributed by atoms with Gasteiger partial charge in [-0.2, -0.15) is 0 Å². The Labute approximate surface area is 170 Å². The van der Waals surface area contributed by atoms with Gasteiger partial charge in [-0.25, -0.2) is 0 Å². The summed E-state index contributed by atoms with van der Waals surface area (Å²) >= 11 is 0. The molecule has 6 heteroatoms. The molecule has 0 aromatic heterocycles. The molecule has 4 rings (SSSR count). The summed E-state index contributed by atoms with van der Waals surface area (Å²) in [5, 5.41) is 2.87. The van der Waals surface area contributed by atoms with Gasteiger partial charge in [0, 0.05) is 13.1 Å². The quantitative estimate of drug-likeness (QED) is 0.769.